The number of amides is 1. The van der Waals surface area contributed by atoms with E-state index >= 15 is 0 Å². The van der Waals surface area contributed by atoms with E-state index in [-0.39, 0.29) is 11.8 Å². The number of nitrogens with one attached hydrogen (secondary N) is 1. The van der Waals surface area contributed by atoms with E-state index in [2.05, 4.69) is 10.5 Å². The van der Waals surface area contributed by atoms with Crippen LogP contribution in [0.3, 0.4) is 0 Å². The van der Waals surface area contributed by atoms with Crippen LogP contribution in [0, 0.1) is 11.8 Å². The van der Waals surface area contributed by atoms with Crippen molar-refractivity contribution in [2.45, 2.75) is 44.6 Å². The first kappa shape index (κ1) is 10.1. The Morgan fingerprint density at radius 3 is 3.12 bits per heavy atom. The van der Waals surface area contributed by atoms with Gasteiger partial charge in [-0.25, -0.2) is 0 Å². The fraction of sp³-hybridized carbons (Fsp3) is 0.833. The number of hydrogen-bond donors (Lipinski definition) is 1. The Bertz CT molecular complexity index is 349. The van der Waals surface area contributed by atoms with Crippen molar-refractivity contribution in [3.05, 3.63) is 0 Å². The second-order valence-corrected chi connectivity index (χ2v) is 5.31. The van der Waals surface area contributed by atoms with E-state index in [1.165, 1.54) is 12.8 Å². The van der Waals surface area contributed by atoms with Crippen LogP contribution in [0.1, 0.15) is 39.0 Å². The molecule has 0 aromatic carbocycles. The third kappa shape index (κ3) is 1.43. The number of carbonyl (C=O) groups is 1. The highest BCUT2D eigenvalue weighted by Crippen LogP contribution is 2.44. The van der Waals surface area contributed by atoms with Crippen molar-refractivity contribution in [3.63, 3.8) is 0 Å². The molecule has 1 amide bonds. The minimum Gasteiger partial charge on any atom is -0.378 e. The van der Waals surface area contributed by atoms with Crippen LogP contribution >= 0.6 is 0 Å². The molecule has 1 N–H and O–H groups in total. The predicted molar refractivity (Wildman–Crippen MR) is 60.0 cm³/mol. The number of carbonyl (C=O) groups excluding carboxylic acids is 1. The zero-order valence-corrected chi connectivity index (χ0v) is 9.66. The van der Waals surface area contributed by atoms with Crippen LogP contribution in [0.5, 0.6) is 0 Å². The van der Waals surface area contributed by atoms with Crippen LogP contribution in [0.2, 0.25) is 0 Å². The molecule has 3 aliphatic rings. The molecule has 0 spiro atoms. The molecule has 0 aromatic rings. The van der Waals surface area contributed by atoms with Crippen LogP contribution < -0.4 is 5.32 Å². The summed E-state index contributed by atoms with van der Waals surface area (Å²) >= 11 is 0. The zero-order chi connectivity index (χ0) is 11.2. The Kier molecular flexibility index (Phi) is 2.19. The van der Waals surface area contributed by atoms with Gasteiger partial charge in [-0.15, -0.1) is 0 Å². The summed E-state index contributed by atoms with van der Waals surface area (Å²) in [7, 11) is 0. The van der Waals surface area contributed by atoms with E-state index in [0.29, 0.717) is 5.92 Å². The van der Waals surface area contributed by atoms with Gasteiger partial charge < -0.3 is 10.2 Å². The van der Waals surface area contributed by atoms with Crippen molar-refractivity contribution in [2.75, 3.05) is 6.54 Å². The first-order valence-corrected chi connectivity index (χ1v) is 6.23. The Balaban J connectivity index is 1.69. The van der Waals surface area contributed by atoms with Crippen LogP contribution in [-0.4, -0.2) is 23.8 Å². The maximum atomic E-state index is 12.2. The molecule has 3 rings (SSSR count). The lowest BCUT2D eigenvalue weighted by atomic mass is 9.87. The predicted octanol–water partition coefficient (Wildman–Crippen LogP) is 1.46. The van der Waals surface area contributed by atoms with Crippen molar-refractivity contribution < 1.29 is 9.63 Å². The number of nitrogens with zero attached hydrogens (tertiary/aromatic N) is 1. The fourth-order valence-corrected chi connectivity index (χ4v) is 2.87. The number of rotatable bonds is 3. The number of oxime groups is 1. The van der Waals surface area contributed by atoms with Gasteiger partial charge in [-0.05, 0) is 44.9 Å². The summed E-state index contributed by atoms with van der Waals surface area (Å²) in [5.41, 5.74) is 0.331. The molecule has 2 fully saturated rings. The van der Waals surface area contributed by atoms with E-state index in [1.54, 1.807) is 0 Å². The van der Waals surface area contributed by atoms with Crippen molar-refractivity contribution >= 4 is 11.6 Å². The van der Waals surface area contributed by atoms with Gasteiger partial charge in [0.25, 0.3) is 5.91 Å². The minimum absolute atomic E-state index is 0.0579. The summed E-state index contributed by atoms with van der Waals surface area (Å²) in [5, 5.41) is 7.04. The van der Waals surface area contributed by atoms with Crippen LogP contribution in [0.25, 0.3) is 0 Å². The largest absolute Gasteiger partial charge is 0.378 e. The van der Waals surface area contributed by atoms with E-state index in [9.17, 15) is 4.79 Å². The molecule has 0 bridgehead atoms. The van der Waals surface area contributed by atoms with Crippen LogP contribution in [0.15, 0.2) is 5.16 Å². The second kappa shape index (κ2) is 3.47. The molecule has 1 heterocycles. The van der Waals surface area contributed by atoms with E-state index in [4.69, 9.17) is 4.84 Å². The average molecular weight is 222 g/mol. The van der Waals surface area contributed by atoms with Gasteiger partial charge in [-0.1, -0.05) is 5.16 Å². The van der Waals surface area contributed by atoms with Gasteiger partial charge in [0.15, 0.2) is 0 Å². The van der Waals surface area contributed by atoms with E-state index < -0.39 is 5.60 Å². The molecule has 88 valence electrons. The molecular weight excluding hydrogens is 204 g/mol. The van der Waals surface area contributed by atoms with Gasteiger partial charge in [0.1, 0.15) is 0 Å². The molecule has 2 aliphatic carbocycles. The molecule has 0 saturated heterocycles. The first-order chi connectivity index (χ1) is 7.72. The van der Waals surface area contributed by atoms with E-state index in [0.717, 1.165) is 31.5 Å². The molecule has 2 unspecified atom stereocenters. The van der Waals surface area contributed by atoms with Crippen LogP contribution in [-0.2, 0) is 9.63 Å². The highest BCUT2D eigenvalue weighted by molar-refractivity contribution is 5.97. The molecular formula is C12H18N2O2. The monoisotopic (exact) mass is 222 g/mol. The SMILES string of the molecule is CC1=NOC2(C(=O)NCC3CC3)CCCC12. The normalized spacial score (nSPS) is 36.6. The van der Waals surface area contributed by atoms with Gasteiger partial charge in [0, 0.05) is 6.54 Å². The standard InChI is InChI=1S/C12H18N2O2/c1-8-10-3-2-6-12(10,16-14-8)11(15)13-7-9-4-5-9/h9-10H,2-7H2,1H3,(H,13,15). The summed E-state index contributed by atoms with van der Waals surface area (Å²) in [5.74, 6) is 0.984. The fourth-order valence-electron chi connectivity index (χ4n) is 2.87. The lowest BCUT2D eigenvalue weighted by molar-refractivity contribution is -0.146. The lowest BCUT2D eigenvalue weighted by Gasteiger charge is -2.25. The van der Waals surface area contributed by atoms with Crippen molar-refractivity contribution in [1.82, 2.24) is 5.32 Å². The lowest BCUT2D eigenvalue weighted by Crippen LogP contribution is -2.50. The quantitative estimate of drug-likeness (QED) is 0.786. The van der Waals surface area contributed by atoms with Crippen LogP contribution in [0.4, 0.5) is 0 Å². The molecule has 0 aromatic heterocycles. The Labute approximate surface area is 95.4 Å². The molecule has 2 saturated carbocycles. The third-order valence-corrected chi connectivity index (χ3v) is 4.09. The van der Waals surface area contributed by atoms with Crippen molar-refractivity contribution in [1.29, 1.82) is 0 Å². The maximum Gasteiger partial charge on any atom is 0.267 e. The van der Waals surface area contributed by atoms with Gasteiger partial charge in [-0.2, -0.15) is 0 Å². The van der Waals surface area contributed by atoms with Gasteiger partial charge in [0.05, 0.1) is 11.6 Å². The van der Waals surface area contributed by atoms with Crippen molar-refractivity contribution in [2.24, 2.45) is 17.0 Å². The van der Waals surface area contributed by atoms with Gasteiger partial charge in [-0.3, -0.25) is 4.79 Å². The van der Waals surface area contributed by atoms with Gasteiger partial charge in [0.2, 0.25) is 5.60 Å². The topological polar surface area (TPSA) is 50.7 Å². The summed E-state index contributed by atoms with van der Waals surface area (Å²) in [6, 6.07) is 0. The molecule has 1 aliphatic heterocycles. The Morgan fingerprint density at radius 2 is 2.38 bits per heavy atom. The summed E-state index contributed by atoms with van der Waals surface area (Å²) < 4.78 is 0. The molecule has 4 nitrogen and oxygen atoms in total. The minimum atomic E-state index is -0.654. The second-order valence-electron chi connectivity index (χ2n) is 5.31. The summed E-state index contributed by atoms with van der Waals surface area (Å²) in [6.07, 6.45) is 5.43. The maximum absolute atomic E-state index is 12.2. The first-order valence-electron chi connectivity index (χ1n) is 6.23. The molecule has 4 heteroatoms. The Hall–Kier alpha value is -1.06. The smallest absolute Gasteiger partial charge is 0.267 e. The summed E-state index contributed by atoms with van der Waals surface area (Å²) in [4.78, 5) is 17.7. The van der Waals surface area contributed by atoms with E-state index in [1.807, 2.05) is 6.92 Å². The molecule has 16 heavy (non-hydrogen) atoms. The van der Waals surface area contributed by atoms with Crippen molar-refractivity contribution in [3.8, 4) is 0 Å². The Morgan fingerprint density at radius 1 is 1.56 bits per heavy atom. The molecule has 0 radical (unpaired) electrons. The number of fused-ring (bicyclic) bond motifs is 1. The highest BCUT2D eigenvalue weighted by Gasteiger charge is 2.56. The summed E-state index contributed by atoms with van der Waals surface area (Å²) in [6.45, 7) is 2.78. The third-order valence-electron chi connectivity index (χ3n) is 4.09. The highest BCUT2D eigenvalue weighted by atomic mass is 16.7. The van der Waals surface area contributed by atoms with Gasteiger partial charge >= 0.3 is 0 Å². The average Bonchev–Trinajstić information content (AvgIpc) is 2.91. The number of hydrogen-bond acceptors (Lipinski definition) is 3. The zero-order valence-electron chi connectivity index (χ0n) is 9.66. The molecule has 2 atom stereocenters.